The normalized spacial score (nSPS) is 12.9. The van der Waals surface area contributed by atoms with Crippen LogP contribution in [0.2, 0.25) is 25.7 Å². The van der Waals surface area contributed by atoms with Crippen LogP contribution in [0.4, 0.5) is 0 Å². The van der Waals surface area contributed by atoms with Crippen molar-refractivity contribution in [1.82, 2.24) is 0 Å². The van der Waals surface area contributed by atoms with Crippen LogP contribution in [0.5, 0.6) is 0 Å². The lowest BCUT2D eigenvalue weighted by molar-refractivity contribution is 0.580. The monoisotopic (exact) mass is 206 g/mol. The minimum absolute atomic E-state index is 0.339. The Morgan fingerprint density at radius 2 is 1.50 bits per heavy atom. The van der Waals surface area contributed by atoms with Crippen LogP contribution in [0, 0.1) is 0 Å². The van der Waals surface area contributed by atoms with Crippen molar-refractivity contribution in [3.05, 3.63) is 35.9 Å². The Bertz CT molecular complexity index is 280. The van der Waals surface area contributed by atoms with Crippen molar-refractivity contribution in [2.45, 2.75) is 44.9 Å². The lowest BCUT2D eigenvalue weighted by atomic mass is 9.87. The molecule has 0 saturated carbocycles. The van der Waals surface area contributed by atoms with E-state index in [1.54, 1.807) is 0 Å². The van der Waals surface area contributed by atoms with Gasteiger partial charge in [-0.15, -0.1) is 0 Å². The highest BCUT2D eigenvalue weighted by molar-refractivity contribution is 6.76. The van der Waals surface area contributed by atoms with Crippen LogP contribution >= 0.6 is 0 Å². The Balaban J connectivity index is 2.86. The van der Waals surface area contributed by atoms with E-state index in [2.05, 4.69) is 63.8 Å². The molecule has 0 radical (unpaired) electrons. The van der Waals surface area contributed by atoms with Crippen molar-refractivity contribution in [1.29, 1.82) is 0 Å². The number of hydrogen-bond acceptors (Lipinski definition) is 0. The summed E-state index contributed by atoms with van der Waals surface area (Å²) < 4.78 is 0. The van der Waals surface area contributed by atoms with E-state index in [0.717, 1.165) is 0 Å². The molecule has 0 heterocycles. The summed E-state index contributed by atoms with van der Waals surface area (Å²) in [4.78, 5) is 0. The molecule has 1 aromatic rings. The van der Waals surface area contributed by atoms with Gasteiger partial charge in [-0.1, -0.05) is 63.8 Å². The smallest absolute Gasteiger partial charge is 0.0451 e. The number of benzene rings is 1. The largest absolute Gasteiger partial charge is 0.0695 e. The molecule has 0 N–H and O–H groups in total. The van der Waals surface area contributed by atoms with E-state index in [4.69, 9.17) is 0 Å². The van der Waals surface area contributed by atoms with E-state index in [0.29, 0.717) is 5.41 Å². The zero-order valence-electron chi connectivity index (χ0n) is 10.1. The molecular weight excluding hydrogens is 184 g/mol. The Morgan fingerprint density at radius 3 is 1.93 bits per heavy atom. The minimum atomic E-state index is -0.975. The van der Waals surface area contributed by atoms with E-state index >= 15 is 0 Å². The topological polar surface area (TPSA) is 0 Å². The molecule has 78 valence electrons. The van der Waals surface area contributed by atoms with E-state index in [9.17, 15) is 0 Å². The molecule has 0 nitrogen and oxygen atoms in total. The number of hydrogen-bond donors (Lipinski definition) is 0. The molecule has 0 aliphatic carbocycles. The molecule has 0 amide bonds. The average molecular weight is 206 g/mol. The summed E-state index contributed by atoms with van der Waals surface area (Å²) in [7, 11) is -0.975. The van der Waals surface area contributed by atoms with Crippen molar-refractivity contribution >= 4 is 8.07 Å². The summed E-state index contributed by atoms with van der Waals surface area (Å²) in [5.74, 6) is 0. The van der Waals surface area contributed by atoms with Gasteiger partial charge in [0.25, 0.3) is 0 Å². The third-order valence-electron chi connectivity index (χ3n) is 2.53. The van der Waals surface area contributed by atoms with Crippen molar-refractivity contribution < 1.29 is 0 Å². The van der Waals surface area contributed by atoms with Crippen LogP contribution in [0.25, 0.3) is 0 Å². The van der Waals surface area contributed by atoms with Gasteiger partial charge in [0.15, 0.2) is 0 Å². The quantitative estimate of drug-likeness (QED) is 0.647. The number of rotatable bonds is 3. The molecule has 0 atom stereocenters. The second kappa shape index (κ2) is 3.89. The zero-order valence-corrected chi connectivity index (χ0v) is 11.1. The molecule has 1 heteroatoms. The van der Waals surface area contributed by atoms with Gasteiger partial charge >= 0.3 is 0 Å². The van der Waals surface area contributed by atoms with Crippen LogP contribution in [0.15, 0.2) is 30.3 Å². The Morgan fingerprint density at radius 1 is 1.00 bits per heavy atom. The highest BCUT2D eigenvalue weighted by Crippen LogP contribution is 2.32. The third-order valence-corrected chi connectivity index (χ3v) is 4.47. The maximum absolute atomic E-state index is 2.44. The summed E-state index contributed by atoms with van der Waals surface area (Å²) in [6.07, 6.45) is 0. The summed E-state index contributed by atoms with van der Waals surface area (Å²) in [6.45, 7) is 12.0. The highest BCUT2D eigenvalue weighted by Gasteiger charge is 2.27. The third kappa shape index (κ3) is 3.30. The maximum Gasteiger partial charge on any atom is 0.0451 e. The molecular formula is C13H22Si. The summed E-state index contributed by atoms with van der Waals surface area (Å²) in [5.41, 5.74) is 1.81. The first-order valence-corrected chi connectivity index (χ1v) is 9.07. The van der Waals surface area contributed by atoms with E-state index in [1.165, 1.54) is 11.6 Å². The molecule has 1 aromatic carbocycles. The molecule has 0 spiro atoms. The van der Waals surface area contributed by atoms with Gasteiger partial charge in [0.1, 0.15) is 0 Å². The first-order valence-electron chi connectivity index (χ1n) is 5.37. The van der Waals surface area contributed by atoms with E-state index in [1.807, 2.05) is 0 Å². The molecule has 14 heavy (non-hydrogen) atoms. The van der Waals surface area contributed by atoms with Crippen LogP contribution in [-0.2, 0) is 5.41 Å². The maximum atomic E-state index is 2.44. The molecule has 0 saturated heterocycles. The standard InChI is InChI=1S/C13H22Si/c1-13(2,11-14(3,4)5)12-9-7-6-8-10-12/h6-10H,11H2,1-5H3. The highest BCUT2D eigenvalue weighted by atomic mass is 28.3. The minimum Gasteiger partial charge on any atom is -0.0695 e. The van der Waals surface area contributed by atoms with Crippen LogP contribution < -0.4 is 0 Å². The Labute approximate surface area is 89.4 Å². The van der Waals surface area contributed by atoms with Crippen molar-refractivity contribution in [3.8, 4) is 0 Å². The fourth-order valence-corrected chi connectivity index (χ4v) is 5.17. The SMILES string of the molecule is CC(C)(C[Si](C)(C)C)c1ccccc1. The first-order chi connectivity index (χ1) is 6.31. The lowest BCUT2D eigenvalue weighted by Gasteiger charge is -2.31. The first kappa shape index (κ1) is 11.5. The molecule has 0 aliphatic heterocycles. The van der Waals surface area contributed by atoms with Gasteiger partial charge in [-0.3, -0.25) is 0 Å². The van der Waals surface area contributed by atoms with Gasteiger partial charge in [0.2, 0.25) is 0 Å². The average Bonchev–Trinajstić information content (AvgIpc) is 2.01. The molecule has 1 rings (SSSR count). The summed E-state index contributed by atoms with van der Waals surface area (Å²) >= 11 is 0. The van der Waals surface area contributed by atoms with Crippen LogP contribution in [0.1, 0.15) is 19.4 Å². The lowest BCUT2D eigenvalue weighted by Crippen LogP contribution is -2.31. The fourth-order valence-electron chi connectivity index (χ4n) is 2.32. The van der Waals surface area contributed by atoms with Gasteiger partial charge < -0.3 is 0 Å². The van der Waals surface area contributed by atoms with Gasteiger partial charge in [0.05, 0.1) is 0 Å². The zero-order chi connectivity index (χ0) is 10.8. The second-order valence-corrected chi connectivity index (χ2v) is 11.5. The second-order valence-electron chi connectivity index (χ2n) is 5.99. The van der Waals surface area contributed by atoms with Crippen LogP contribution in [-0.4, -0.2) is 8.07 Å². The summed E-state index contributed by atoms with van der Waals surface area (Å²) in [6, 6.07) is 12.2. The fraction of sp³-hybridized carbons (Fsp3) is 0.538. The van der Waals surface area contributed by atoms with Crippen LogP contribution in [0.3, 0.4) is 0 Å². The van der Waals surface area contributed by atoms with E-state index < -0.39 is 8.07 Å². The van der Waals surface area contributed by atoms with Gasteiger partial charge in [0, 0.05) is 8.07 Å². The van der Waals surface area contributed by atoms with Crippen molar-refractivity contribution in [2.75, 3.05) is 0 Å². The Kier molecular flexibility index (Phi) is 3.20. The molecule has 0 fully saturated rings. The Hall–Kier alpha value is -0.563. The van der Waals surface area contributed by atoms with Gasteiger partial charge in [-0.2, -0.15) is 0 Å². The predicted molar refractivity (Wildman–Crippen MR) is 67.6 cm³/mol. The van der Waals surface area contributed by atoms with Crippen molar-refractivity contribution in [3.63, 3.8) is 0 Å². The van der Waals surface area contributed by atoms with Gasteiger partial charge in [-0.05, 0) is 17.0 Å². The summed E-state index contributed by atoms with van der Waals surface area (Å²) in [5, 5.41) is 0. The molecule has 0 aliphatic rings. The molecule has 0 aromatic heterocycles. The van der Waals surface area contributed by atoms with E-state index in [-0.39, 0.29) is 0 Å². The molecule has 0 unspecified atom stereocenters. The molecule has 0 bridgehead atoms. The van der Waals surface area contributed by atoms with Gasteiger partial charge in [-0.25, -0.2) is 0 Å². The van der Waals surface area contributed by atoms with Crippen molar-refractivity contribution in [2.24, 2.45) is 0 Å². The predicted octanol–water partition coefficient (Wildman–Crippen LogP) is 4.30.